The molecule has 7 atom stereocenters. The van der Waals surface area contributed by atoms with Crippen molar-refractivity contribution in [3.63, 3.8) is 0 Å². The molecule has 0 aliphatic heterocycles. The summed E-state index contributed by atoms with van der Waals surface area (Å²) in [5, 5.41) is 10.5. The van der Waals surface area contributed by atoms with Gasteiger partial charge in [0, 0.05) is 11.3 Å². The highest BCUT2D eigenvalue weighted by Gasteiger charge is 2.67. The lowest BCUT2D eigenvalue weighted by Crippen LogP contribution is -2.66. The zero-order chi connectivity index (χ0) is 15.6. The first-order chi connectivity index (χ1) is 9.71. The van der Waals surface area contributed by atoms with Gasteiger partial charge in [-0.05, 0) is 49.3 Å². The van der Waals surface area contributed by atoms with E-state index in [-0.39, 0.29) is 29.6 Å². The summed E-state index contributed by atoms with van der Waals surface area (Å²) in [6, 6.07) is 0. The van der Waals surface area contributed by atoms with Gasteiger partial charge in [0.2, 0.25) is 0 Å². The number of ketones is 1. The van der Waals surface area contributed by atoms with E-state index < -0.39 is 29.3 Å². The molecule has 2 nitrogen and oxygen atoms in total. The molecule has 1 N–H and O–H groups in total. The molecule has 3 aliphatic carbocycles. The van der Waals surface area contributed by atoms with Crippen LogP contribution in [0.5, 0.6) is 0 Å². The third-order valence-corrected chi connectivity index (χ3v) is 6.22. The summed E-state index contributed by atoms with van der Waals surface area (Å²) in [5.41, 5.74) is -2.96. The van der Waals surface area contributed by atoms with Crippen molar-refractivity contribution in [2.75, 3.05) is 0 Å². The molecule has 0 aromatic heterocycles. The molecule has 116 valence electrons. The summed E-state index contributed by atoms with van der Waals surface area (Å²) >= 11 is 0. The summed E-state index contributed by atoms with van der Waals surface area (Å²) < 4.78 is 30.6. The fraction of sp³-hybridized carbons (Fsp3) is 0.706. The molecule has 0 saturated heterocycles. The highest BCUT2D eigenvalue weighted by molar-refractivity contribution is 6.01. The molecule has 4 heteroatoms. The van der Waals surface area contributed by atoms with E-state index in [0.717, 1.165) is 0 Å². The predicted molar refractivity (Wildman–Crippen MR) is 76.1 cm³/mol. The minimum atomic E-state index is -1.91. The molecule has 7 unspecified atom stereocenters. The zero-order valence-electron chi connectivity index (χ0n) is 12.6. The van der Waals surface area contributed by atoms with E-state index in [1.807, 2.05) is 13.8 Å². The van der Waals surface area contributed by atoms with Crippen LogP contribution in [-0.2, 0) is 4.79 Å². The Balaban J connectivity index is 2.15. The summed E-state index contributed by atoms with van der Waals surface area (Å²) in [4.78, 5) is 11.6. The van der Waals surface area contributed by atoms with E-state index in [2.05, 4.69) is 0 Å². The number of hydrogen-bond donors (Lipinski definition) is 1. The van der Waals surface area contributed by atoms with Gasteiger partial charge in [-0.1, -0.05) is 19.9 Å². The van der Waals surface area contributed by atoms with Crippen molar-refractivity contribution in [2.24, 2.45) is 23.2 Å². The lowest BCUT2D eigenvalue weighted by molar-refractivity contribution is -0.178. The van der Waals surface area contributed by atoms with Crippen LogP contribution in [0.2, 0.25) is 0 Å². The van der Waals surface area contributed by atoms with Gasteiger partial charge in [-0.3, -0.25) is 4.79 Å². The van der Waals surface area contributed by atoms with Crippen LogP contribution in [0.25, 0.3) is 0 Å². The van der Waals surface area contributed by atoms with Crippen molar-refractivity contribution < 1.29 is 18.7 Å². The Hall–Kier alpha value is -1.03. The fourth-order valence-corrected chi connectivity index (χ4v) is 4.69. The normalized spacial score (nSPS) is 53.0. The minimum absolute atomic E-state index is 0.000975. The smallest absolute Gasteiger partial charge is 0.178 e. The Kier molecular flexibility index (Phi) is 3.18. The minimum Gasteiger partial charge on any atom is -0.390 e. The summed E-state index contributed by atoms with van der Waals surface area (Å²) in [7, 11) is 0. The van der Waals surface area contributed by atoms with Crippen molar-refractivity contribution in [1.82, 2.24) is 0 Å². The SMILES string of the molecule is CC1CC(O)C2(F)C(CC(F)C3=CC(=O)C=CC32C)C1C. The molecule has 0 amide bonds. The second kappa shape index (κ2) is 4.48. The van der Waals surface area contributed by atoms with Gasteiger partial charge >= 0.3 is 0 Å². The van der Waals surface area contributed by atoms with Gasteiger partial charge in [0.1, 0.15) is 6.17 Å². The first kappa shape index (κ1) is 14.9. The number of aliphatic hydroxyl groups excluding tert-OH is 1. The van der Waals surface area contributed by atoms with Crippen LogP contribution in [0.1, 0.15) is 33.6 Å². The van der Waals surface area contributed by atoms with E-state index in [9.17, 15) is 14.3 Å². The van der Waals surface area contributed by atoms with Gasteiger partial charge in [-0.2, -0.15) is 0 Å². The number of rotatable bonds is 0. The average molecular weight is 296 g/mol. The van der Waals surface area contributed by atoms with Crippen molar-refractivity contribution in [3.05, 3.63) is 23.8 Å². The van der Waals surface area contributed by atoms with Crippen LogP contribution in [0.15, 0.2) is 23.8 Å². The van der Waals surface area contributed by atoms with Gasteiger partial charge in [0.05, 0.1) is 6.10 Å². The maximum atomic E-state index is 16.0. The standard InChI is InChI=1S/C17H22F2O2/c1-9-6-15(21)17(19)12(10(9)2)8-14(18)13-7-11(20)4-5-16(13,17)3/h4-5,7,9-10,12,14-15,21H,6,8H2,1-3H3. The molecule has 3 aliphatic rings. The third kappa shape index (κ3) is 1.74. The van der Waals surface area contributed by atoms with Gasteiger partial charge in [-0.15, -0.1) is 0 Å². The third-order valence-electron chi connectivity index (χ3n) is 6.22. The molecule has 3 rings (SSSR count). The summed E-state index contributed by atoms with van der Waals surface area (Å²) in [5.74, 6) is -0.685. The van der Waals surface area contributed by atoms with Gasteiger partial charge in [-0.25, -0.2) is 8.78 Å². The number of fused-ring (bicyclic) bond motifs is 3. The van der Waals surface area contributed by atoms with Crippen molar-refractivity contribution in [1.29, 1.82) is 0 Å². The molecule has 0 spiro atoms. The van der Waals surface area contributed by atoms with Crippen molar-refractivity contribution in [2.45, 2.75) is 51.6 Å². The number of aliphatic hydroxyl groups is 1. The molecular formula is C17H22F2O2. The van der Waals surface area contributed by atoms with Gasteiger partial charge in [0.25, 0.3) is 0 Å². The highest BCUT2D eigenvalue weighted by Crippen LogP contribution is 2.62. The van der Waals surface area contributed by atoms with Crippen molar-refractivity contribution >= 4 is 5.78 Å². The molecule has 0 heterocycles. The van der Waals surface area contributed by atoms with Crippen LogP contribution < -0.4 is 0 Å². The lowest BCUT2D eigenvalue weighted by Gasteiger charge is -2.59. The molecule has 2 fully saturated rings. The van der Waals surface area contributed by atoms with Crippen LogP contribution >= 0.6 is 0 Å². The van der Waals surface area contributed by atoms with Crippen LogP contribution in [-0.4, -0.2) is 28.8 Å². The second-order valence-corrected chi connectivity index (χ2v) is 7.20. The van der Waals surface area contributed by atoms with E-state index >= 15 is 4.39 Å². The first-order valence-corrected chi connectivity index (χ1v) is 7.68. The largest absolute Gasteiger partial charge is 0.390 e. The molecule has 0 aromatic carbocycles. The second-order valence-electron chi connectivity index (χ2n) is 7.20. The maximum absolute atomic E-state index is 16.0. The predicted octanol–water partition coefficient (Wildman–Crippen LogP) is 3.16. The molecule has 0 radical (unpaired) electrons. The summed E-state index contributed by atoms with van der Waals surface area (Å²) in [6.45, 7) is 5.54. The fourth-order valence-electron chi connectivity index (χ4n) is 4.69. The molecule has 21 heavy (non-hydrogen) atoms. The van der Waals surface area contributed by atoms with Gasteiger partial charge in [0.15, 0.2) is 11.5 Å². The quantitative estimate of drug-likeness (QED) is 0.745. The Morgan fingerprint density at radius 2 is 2.00 bits per heavy atom. The molecule has 0 aromatic rings. The Morgan fingerprint density at radius 3 is 2.67 bits per heavy atom. The first-order valence-electron chi connectivity index (χ1n) is 7.68. The Bertz CT molecular complexity index is 541. The van der Waals surface area contributed by atoms with Crippen LogP contribution in [0.4, 0.5) is 8.78 Å². The van der Waals surface area contributed by atoms with E-state index in [0.29, 0.717) is 6.42 Å². The number of hydrogen-bond acceptors (Lipinski definition) is 2. The maximum Gasteiger partial charge on any atom is 0.178 e. The monoisotopic (exact) mass is 296 g/mol. The highest BCUT2D eigenvalue weighted by atomic mass is 19.1. The summed E-state index contributed by atoms with van der Waals surface area (Å²) in [6.07, 6.45) is 1.95. The zero-order valence-corrected chi connectivity index (χ0v) is 12.6. The topological polar surface area (TPSA) is 37.3 Å². The molecule has 0 bridgehead atoms. The van der Waals surface area contributed by atoms with Crippen molar-refractivity contribution in [3.8, 4) is 0 Å². The van der Waals surface area contributed by atoms with Crippen LogP contribution in [0.3, 0.4) is 0 Å². The molecule has 2 saturated carbocycles. The van der Waals surface area contributed by atoms with E-state index in [4.69, 9.17) is 0 Å². The van der Waals surface area contributed by atoms with E-state index in [1.54, 1.807) is 6.92 Å². The number of alkyl halides is 2. The molecular weight excluding hydrogens is 274 g/mol. The lowest BCUT2D eigenvalue weighted by atomic mass is 9.48. The van der Waals surface area contributed by atoms with Crippen LogP contribution in [0, 0.1) is 23.2 Å². The Labute approximate surface area is 123 Å². The Morgan fingerprint density at radius 1 is 1.33 bits per heavy atom. The number of carbonyl (C=O) groups excluding carboxylic acids is 1. The van der Waals surface area contributed by atoms with Gasteiger partial charge < -0.3 is 5.11 Å². The van der Waals surface area contributed by atoms with E-state index in [1.165, 1.54) is 18.2 Å². The number of carbonyl (C=O) groups is 1. The number of allylic oxidation sites excluding steroid dienone is 4. The average Bonchev–Trinajstić information content (AvgIpc) is 2.42. The number of halogens is 2.